The quantitative estimate of drug-likeness (QED) is 0.212. The van der Waals surface area contributed by atoms with Crippen LogP contribution in [0.5, 0.6) is 0 Å². The molecule has 5 heteroatoms. The number of anilines is 3. The number of urea groups is 1. The topological polar surface area (TPSA) is 44.7 Å². The SMILES string of the molecule is O=C(Nc1ccc(Br)cc1N=C(c1ccccc1)c1ccccc1)N(c1ccccc1)c1ccccc1. The maximum absolute atomic E-state index is 13.7. The van der Waals surface area contributed by atoms with Gasteiger partial charge in [-0.05, 0) is 42.5 Å². The molecular formula is C32H24BrN3O. The Morgan fingerprint density at radius 2 is 1.08 bits per heavy atom. The number of hydrogen-bond acceptors (Lipinski definition) is 2. The van der Waals surface area contributed by atoms with Gasteiger partial charge in [-0.1, -0.05) is 113 Å². The summed E-state index contributed by atoms with van der Waals surface area (Å²) < 4.78 is 0.868. The van der Waals surface area contributed by atoms with Gasteiger partial charge in [0.1, 0.15) is 0 Å². The lowest BCUT2D eigenvalue weighted by Crippen LogP contribution is -2.30. The third kappa shape index (κ3) is 5.85. The zero-order valence-corrected chi connectivity index (χ0v) is 21.5. The molecule has 0 aliphatic carbocycles. The summed E-state index contributed by atoms with van der Waals surface area (Å²) in [5.74, 6) is 0. The van der Waals surface area contributed by atoms with Crippen molar-refractivity contribution in [3.05, 3.63) is 155 Å². The van der Waals surface area contributed by atoms with Gasteiger partial charge in [0, 0.05) is 15.6 Å². The van der Waals surface area contributed by atoms with Crippen molar-refractivity contribution in [2.75, 3.05) is 10.2 Å². The number of nitrogens with zero attached hydrogens (tertiary/aromatic N) is 2. The zero-order valence-electron chi connectivity index (χ0n) is 20.0. The van der Waals surface area contributed by atoms with Crippen molar-refractivity contribution in [2.24, 2.45) is 4.99 Å². The Bertz CT molecular complexity index is 1420. The van der Waals surface area contributed by atoms with Gasteiger partial charge in [-0.3, -0.25) is 4.90 Å². The molecule has 0 radical (unpaired) electrons. The lowest BCUT2D eigenvalue weighted by molar-refractivity contribution is 0.259. The van der Waals surface area contributed by atoms with E-state index in [4.69, 9.17) is 4.99 Å². The van der Waals surface area contributed by atoms with E-state index >= 15 is 0 Å². The van der Waals surface area contributed by atoms with Gasteiger partial charge in [0.15, 0.2) is 0 Å². The Balaban J connectivity index is 1.57. The summed E-state index contributed by atoms with van der Waals surface area (Å²) in [6.45, 7) is 0. The molecule has 0 aliphatic heterocycles. The molecular weight excluding hydrogens is 522 g/mol. The van der Waals surface area contributed by atoms with Crippen LogP contribution in [-0.4, -0.2) is 11.7 Å². The first kappa shape index (κ1) is 24.2. The number of benzene rings is 5. The highest BCUT2D eigenvalue weighted by atomic mass is 79.9. The lowest BCUT2D eigenvalue weighted by Gasteiger charge is -2.24. The van der Waals surface area contributed by atoms with Crippen molar-refractivity contribution in [2.45, 2.75) is 0 Å². The van der Waals surface area contributed by atoms with Crippen LogP contribution in [0.1, 0.15) is 11.1 Å². The summed E-state index contributed by atoms with van der Waals surface area (Å²) in [6.07, 6.45) is 0. The second kappa shape index (κ2) is 11.5. The number of hydrogen-bond donors (Lipinski definition) is 1. The molecule has 180 valence electrons. The van der Waals surface area contributed by atoms with Crippen molar-refractivity contribution < 1.29 is 4.79 Å². The molecule has 2 amide bonds. The molecule has 0 saturated carbocycles. The third-order valence-corrected chi connectivity index (χ3v) is 6.25. The summed E-state index contributed by atoms with van der Waals surface area (Å²) in [7, 11) is 0. The van der Waals surface area contributed by atoms with E-state index in [1.165, 1.54) is 0 Å². The Morgan fingerprint density at radius 3 is 1.57 bits per heavy atom. The lowest BCUT2D eigenvalue weighted by atomic mass is 10.0. The van der Waals surface area contributed by atoms with Gasteiger partial charge in [0.2, 0.25) is 0 Å². The Morgan fingerprint density at radius 1 is 0.622 bits per heavy atom. The summed E-state index contributed by atoms with van der Waals surface area (Å²) in [5.41, 5.74) is 5.58. The van der Waals surface area contributed by atoms with Crippen molar-refractivity contribution in [1.29, 1.82) is 0 Å². The van der Waals surface area contributed by atoms with Crippen molar-refractivity contribution >= 4 is 50.4 Å². The molecule has 0 aliphatic rings. The van der Waals surface area contributed by atoms with Crippen molar-refractivity contribution in [1.82, 2.24) is 0 Å². The molecule has 0 aromatic heterocycles. The van der Waals surface area contributed by atoms with E-state index in [0.29, 0.717) is 11.4 Å². The summed E-state index contributed by atoms with van der Waals surface area (Å²) in [6, 6.07) is 44.7. The zero-order chi connectivity index (χ0) is 25.5. The first-order valence-corrected chi connectivity index (χ1v) is 12.7. The molecule has 0 heterocycles. The number of amides is 2. The number of aliphatic imine (C=N–C) groups is 1. The second-order valence-electron chi connectivity index (χ2n) is 8.29. The van der Waals surface area contributed by atoms with Crippen LogP contribution in [-0.2, 0) is 0 Å². The average molecular weight is 546 g/mol. The predicted octanol–water partition coefficient (Wildman–Crippen LogP) is 8.99. The molecule has 0 atom stereocenters. The van der Waals surface area contributed by atoms with Crippen LogP contribution in [0, 0.1) is 0 Å². The first-order valence-electron chi connectivity index (χ1n) is 11.9. The Kier molecular flexibility index (Phi) is 7.53. The van der Waals surface area contributed by atoms with E-state index in [2.05, 4.69) is 21.2 Å². The molecule has 5 rings (SSSR count). The summed E-state index contributed by atoms with van der Waals surface area (Å²) in [4.78, 5) is 20.5. The molecule has 0 saturated heterocycles. The number of carbonyl (C=O) groups is 1. The van der Waals surface area contributed by atoms with Gasteiger partial charge in [-0.15, -0.1) is 0 Å². The van der Waals surface area contributed by atoms with Crippen molar-refractivity contribution in [3.8, 4) is 0 Å². The summed E-state index contributed by atoms with van der Waals surface area (Å²) >= 11 is 3.57. The molecule has 0 fully saturated rings. The minimum absolute atomic E-state index is 0.280. The standard InChI is InChI=1S/C32H24BrN3O/c33-26-21-22-29(35-32(37)36(27-17-9-3-10-18-27)28-19-11-4-12-20-28)30(23-26)34-31(24-13-5-1-6-14-24)25-15-7-2-8-16-25/h1-23H,(H,35,37). The van der Waals surface area contributed by atoms with E-state index in [0.717, 1.165) is 32.7 Å². The van der Waals surface area contributed by atoms with Crippen LogP contribution in [0.3, 0.4) is 0 Å². The van der Waals surface area contributed by atoms with Crippen LogP contribution < -0.4 is 10.2 Å². The van der Waals surface area contributed by atoms with E-state index in [-0.39, 0.29) is 6.03 Å². The van der Waals surface area contributed by atoms with Crippen molar-refractivity contribution in [3.63, 3.8) is 0 Å². The fourth-order valence-corrected chi connectivity index (χ4v) is 4.37. The van der Waals surface area contributed by atoms with E-state index in [9.17, 15) is 4.79 Å². The maximum Gasteiger partial charge on any atom is 0.331 e. The third-order valence-electron chi connectivity index (χ3n) is 5.76. The van der Waals surface area contributed by atoms with Gasteiger partial charge >= 0.3 is 6.03 Å². The van der Waals surface area contributed by atoms with Crippen LogP contribution in [0.15, 0.2) is 149 Å². The smallest absolute Gasteiger partial charge is 0.305 e. The molecule has 0 unspecified atom stereocenters. The van der Waals surface area contributed by atoms with Gasteiger partial charge in [0.25, 0.3) is 0 Å². The molecule has 0 spiro atoms. The highest BCUT2D eigenvalue weighted by Crippen LogP contribution is 2.32. The maximum atomic E-state index is 13.7. The molecule has 5 aromatic carbocycles. The Hall–Kier alpha value is -4.48. The molecule has 0 bridgehead atoms. The normalized spacial score (nSPS) is 10.4. The van der Waals surface area contributed by atoms with Crippen LogP contribution >= 0.6 is 15.9 Å². The second-order valence-corrected chi connectivity index (χ2v) is 9.21. The first-order chi connectivity index (χ1) is 18.2. The molecule has 1 N–H and O–H groups in total. The Labute approximate surface area is 225 Å². The summed E-state index contributed by atoms with van der Waals surface area (Å²) in [5, 5.41) is 3.10. The van der Waals surface area contributed by atoms with Crippen LogP contribution in [0.2, 0.25) is 0 Å². The van der Waals surface area contributed by atoms with Gasteiger partial charge in [0.05, 0.1) is 28.5 Å². The number of carbonyl (C=O) groups excluding carboxylic acids is 1. The minimum Gasteiger partial charge on any atom is -0.305 e. The monoisotopic (exact) mass is 545 g/mol. The predicted molar refractivity (Wildman–Crippen MR) is 156 cm³/mol. The number of rotatable bonds is 6. The molecule has 37 heavy (non-hydrogen) atoms. The van der Waals surface area contributed by atoms with E-state index in [1.54, 1.807) is 4.90 Å². The average Bonchev–Trinajstić information content (AvgIpc) is 2.95. The van der Waals surface area contributed by atoms with E-state index in [1.807, 2.05) is 140 Å². The largest absolute Gasteiger partial charge is 0.331 e. The number of para-hydroxylation sites is 2. The fourth-order valence-electron chi connectivity index (χ4n) is 4.02. The number of nitrogens with one attached hydrogen (secondary N) is 1. The fraction of sp³-hybridized carbons (Fsp3) is 0. The highest BCUT2D eigenvalue weighted by Gasteiger charge is 2.19. The van der Waals surface area contributed by atoms with Crippen LogP contribution in [0.4, 0.5) is 27.5 Å². The minimum atomic E-state index is -0.280. The van der Waals surface area contributed by atoms with Gasteiger partial charge < -0.3 is 5.32 Å². The van der Waals surface area contributed by atoms with Gasteiger partial charge in [-0.25, -0.2) is 9.79 Å². The molecule has 5 aromatic rings. The molecule has 4 nitrogen and oxygen atoms in total. The highest BCUT2D eigenvalue weighted by molar-refractivity contribution is 9.10. The van der Waals surface area contributed by atoms with Crippen LogP contribution in [0.25, 0.3) is 0 Å². The number of halogens is 1. The van der Waals surface area contributed by atoms with E-state index < -0.39 is 0 Å². The van der Waals surface area contributed by atoms with Gasteiger partial charge in [-0.2, -0.15) is 0 Å².